The second-order valence-corrected chi connectivity index (χ2v) is 6.77. The Morgan fingerprint density at radius 1 is 0.679 bits per heavy atom. The van der Waals surface area contributed by atoms with E-state index in [-0.39, 0.29) is 0 Å². The third-order valence-electron chi connectivity index (χ3n) is 4.78. The fourth-order valence-electron chi connectivity index (χ4n) is 3.40. The lowest BCUT2D eigenvalue weighted by molar-refractivity contribution is 0.585. The summed E-state index contributed by atoms with van der Waals surface area (Å²) in [6.45, 7) is 2.08. The van der Waals surface area contributed by atoms with Crippen LogP contribution in [0.3, 0.4) is 0 Å². The first kappa shape index (κ1) is 16.4. The molecule has 0 spiro atoms. The van der Waals surface area contributed by atoms with Crippen LogP contribution in [0.15, 0.2) is 89.6 Å². The molecular weight excluding hydrogens is 346 g/mol. The Kier molecular flexibility index (Phi) is 3.95. The number of fused-ring (bicyclic) bond motifs is 1. The molecule has 0 atom stereocenters. The first-order chi connectivity index (χ1) is 13.8. The molecule has 0 aliphatic rings. The van der Waals surface area contributed by atoms with Crippen LogP contribution in [0.25, 0.3) is 44.8 Å². The molecule has 5 rings (SSSR count). The fraction of sp³-hybridized carbons (Fsp3) is 0.0417. The average Bonchev–Trinajstić information content (AvgIpc) is 3.24. The summed E-state index contributed by atoms with van der Waals surface area (Å²) in [6, 6.07) is 24.6. The van der Waals surface area contributed by atoms with Crippen LogP contribution < -0.4 is 0 Å². The van der Waals surface area contributed by atoms with Crippen LogP contribution in [0, 0.1) is 6.92 Å². The zero-order valence-electron chi connectivity index (χ0n) is 15.3. The van der Waals surface area contributed by atoms with Crippen molar-refractivity contribution < 1.29 is 4.42 Å². The molecule has 134 valence electrons. The number of nitrogens with zero attached hydrogens (tertiary/aromatic N) is 3. The zero-order valence-corrected chi connectivity index (χ0v) is 15.3. The Bertz CT molecular complexity index is 1280. The van der Waals surface area contributed by atoms with Crippen LogP contribution in [0.5, 0.6) is 0 Å². The number of rotatable bonds is 3. The quantitative estimate of drug-likeness (QED) is 0.399. The highest BCUT2D eigenvalue weighted by Gasteiger charge is 2.14. The Hall–Kier alpha value is -3.79. The predicted molar refractivity (Wildman–Crippen MR) is 111 cm³/mol. The lowest BCUT2D eigenvalue weighted by Gasteiger charge is -2.04. The van der Waals surface area contributed by atoms with Gasteiger partial charge in [-0.2, -0.15) is 0 Å². The highest BCUT2D eigenvalue weighted by Crippen LogP contribution is 2.31. The molecule has 0 aliphatic heterocycles. The average molecular weight is 363 g/mol. The lowest BCUT2D eigenvalue weighted by Crippen LogP contribution is -1.85. The molecule has 4 nitrogen and oxygen atoms in total. The van der Waals surface area contributed by atoms with Gasteiger partial charge < -0.3 is 4.42 Å². The van der Waals surface area contributed by atoms with Gasteiger partial charge in [-0.05, 0) is 35.4 Å². The minimum absolute atomic E-state index is 0.463. The molecule has 2 heterocycles. The van der Waals surface area contributed by atoms with Crippen LogP contribution >= 0.6 is 0 Å². The molecule has 0 fully saturated rings. The smallest absolute Gasteiger partial charge is 0.249 e. The van der Waals surface area contributed by atoms with Crippen molar-refractivity contribution in [3.05, 3.63) is 90.8 Å². The minimum atomic E-state index is 0.463. The molecule has 4 heteroatoms. The molecule has 0 amide bonds. The van der Waals surface area contributed by atoms with E-state index < -0.39 is 0 Å². The van der Waals surface area contributed by atoms with Crippen molar-refractivity contribution in [3.63, 3.8) is 0 Å². The van der Waals surface area contributed by atoms with Crippen molar-refractivity contribution in [2.45, 2.75) is 6.92 Å². The number of benzene rings is 3. The van der Waals surface area contributed by atoms with Crippen molar-refractivity contribution in [1.29, 1.82) is 0 Å². The van der Waals surface area contributed by atoms with E-state index in [1.54, 1.807) is 6.20 Å². The number of aromatic nitrogens is 3. The molecular formula is C24H17N3O. The molecule has 3 aromatic carbocycles. The van der Waals surface area contributed by atoms with Crippen LogP contribution in [0.2, 0.25) is 0 Å². The van der Waals surface area contributed by atoms with Gasteiger partial charge in [0.15, 0.2) is 0 Å². The van der Waals surface area contributed by atoms with Crippen molar-refractivity contribution >= 4 is 10.8 Å². The van der Waals surface area contributed by atoms with Gasteiger partial charge in [0.05, 0.1) is 5.56 Å². The molecule has 0 unspecified atom stereocenters. The molecule has 0 saturated carbocycles. The van der Waals surface area contributed by atoms with Crippen molar-refractivity contribution in [1.82, 2.24) is 15.2 Å². The summed E-state index contributed by atoms with van der Waals surface area (Å²) >= 11 is 0. The Morgan fingerprint density at radius 2 is 1.46 bits per heavy atom. The molecule has 0 saturated heterocycles. The summed E-state index contributed by atoms with van der Waals surface area (Å²) in [4.78, 5) is 4.37. The van der Waals surface area contributed by atoms with E-state index in [1.165, 1.54) is 5.56 Å². The number of aryl methyl sites for hydroxylation is 1. The SMILES string of the molecule is Cc1cccc(-c2cncc(-c3nnc(-c4cccc5ccccc45)o3)c2)c1. The standard InChI is InChI=1S/C24H17N3O/c1-16-6-4-9-18(12-16)19-13-20(15-25-14-19)23-26-27-24(28-23)22-11-5-8-17-7-2-3-10-21(17)22/h2-15H,1H3. The zero-order chi connectivity index (χ0) is 18.9. The summed E-state index contributed by atoms with van der Waals surface area (Å²) < 4.78 is 6.02. The van der Waals surface area contributed by atoms with E-state index >= 15 is 0 Å². The Balaban J connectivity index is 1.56. The summed E-state index contributed by atoms with van der Waals surface area (Å²) in [5.41, 5.74) is 5.07. The third kappa shape index (κ3) is 2.95. The van der Waals surface area contributed by atoms with Gasteiger partial charge in [0.2, 0.25) is 11.8 Å². The van der Waals surface area contributed by atoms with Gasteiger partial charge in [-0.3, -0.25) is 4.98 Å². The lowest BCUT2D eigenvalue weighted by atomic mass is 10.0. The maximum atomic E-state index is 6.02. The predicted octanol–water partition coefficient (Wildman–Crippen LogP) is 5.93. The topological polar surface area (TPSA) is 51.8 Å². The summed E-state index contributed by atoms with van der Waals surface area (Å²) in [6.07, 6.45) is 3.60. The fourth-order valence-corrected chi connectivity index (χ4v) is 3.40. The maximum Gasteiger partial charge on any atom is 0.249 e. The Labute approximate surface area is 162 Å². The summed E-state index contributed by atoms with van der Waals surface area (Å²) in [7, 11) is 0. The van der Waals surface area contributed by atoms with Crippen LogP contribution in [-0.2, 0) is 0 Å². The van der Waals surface area contributed by atoms with E-state index in [1.807, 2.05) is 42.6 Å². The van der Waals surface area contributed by atoms with Crippen molar-refractivity contribution in [2.24, 2.45) is 0 Å². The second kappa shape index (κ2) is 6.74. The van der Waals surface area contributed by atoms with Crippen LogP contribution in [0.1, 0.15) is 5.56 Å². The second-order valence-electron chi connectivity index (χ2n) is 6.77. The van der Waals surface area contributed by atoms with E-state index in [2.05, 4.69) is 58.5 Å². The molecule has 5 aromatic rings. The Morgan fingerprint density at radius 3 is 2.39 bits per heavy atom. The first-order valence-corrected chi connectivity index (χ1v) is 9.12. The minimum Gasteiger partial charge on any atom is -0.416 e. The van der Waals surface area contributed by atoms with Gasteiger partial charge in [-0.25, -0.2) is 0 Å². The van der Waals surface area contributed by atoms with Gasteiger partial charge in [0.1, 0.15) is 0 Å². The molecule has 28 heavy (non-hydrogen) atoms. The molecule has 0 N–H and O–H groups in total. The molecule has 0 bridgehead atoms. The van der Waals surface area contributed by atoms with E-state index in [0.29, 0.717) is 11.8 Å². The van der Waals surface area contributed by atoms with E-state index in [0.717, 1.165) is 33.0 Å². The van der Waals surface area contributed by atoms with Crippen molar-refractivity contribution in [2.75, 3.05) is 0 Å². The maximum absolute atomic E-state index is 6.02. The molecule has 0 radical (unpaired) electrons. The monoisotopic (exact) mass is 363 g/mol. The highest BCUT2D eigenvalue weighted by atomic mass is 16.4. The van der Waals surface area contributed by atoms with Crippen LogP contribution in [-0.4, -0.2) is 15.2 Å². The van der Waals surface area contributed by atoms with E-state index in [4.69, 9.17) is 4.42 Å². The van der Waals surface area contributed by atoms with Crippen LogP contribution in [0.4, 0.5) is 0 Å². The van der Waals surface area contributed by atoms with Gasteiger partial charge in [0, 0.05) is 23.5 Å². The number of hydrogen-bond donors (Lipinski definition) is 0. The first-order valence-electron chi connectivity index (χ1n) is 9.12. The largest absolute Gasteiger partial charge is 0.416 e. The normalized spacial score (nSPS) is 11.0. The van der Waals surface area contributed by atoms with Gasteiger partial charge in [-0.1, -0.05) is 66.2 Å². The summed E-state index contributed by atoms with van der Waals surface area (Å²) in [5.74, 6) is 0.970. The van der Waals surface area contributed by atoms with Gasteiger partial charge in [-0.15, -0.1) is 10.2 Å². The highest BCUT2D eigenvalue weighted by molar-refractivity contribution is 5.94. The van der Waals surface area contributed by atoms with Crippen molar-refractivity contribution in [3.8, 4) is 34.0 Å². The third-order valence-corrected chi connectivity index (χ3v) is 4.78. The molecule has 0 aliphatic carbocycles. The van der Waals surface area contributed by atoms with Gasteiger partial charge >= 0.3 is 0 Å². The van der Waals surface area contributed by atoms with E-state index in [9.17, 15) is 0 Å². The number of hydrogen-bond acceptors (Lipinski definition) is 4. The summed E-state index contributed by atoms with van der Waals surface area (Å²) in [5, 5.41) is 10.8. The van der Waals surface area contributed by atoms with Gasteiger partial charge in [0.25, 0.3) is 0 Å². The molecule has 2 aromatic heterocycles. The number of pyridine rings is 1.